The molecule has 0 unspecified atom stereocenters. The molecule has 12 aromatic carbocycles. The minimum absolute atomic E-state index is 0. The van der Waals surface area contributed by atoms with Gasteiger partial charge in [0.25, 0.3) is 0 Å². The van der Waals surface area contributed by atoms with Crippen molar-refractivity contribution in [3.8, 4) is 33.6 Å². The van der Waals surface area contributed by atoms with Crippen LogP contribution in [0, 0.1) is 0 Å². The second kappa shape index (κ2) is 24.6. The lowest BCUT2D eigenvalue weighted by Crippen LogP contribution is -2.41. The maximum absolute atomic E-state index is 6.78. The maximum Gasteiger partial charge on any atom is 0.494 e. The molecule has 0 bridgehead atoms. The van der Waals surface area contributed by atoms with Gasteiger partial charge in [-0.25, -0.2) is 0 Å². The van der Waals surface area contributed by atoms with Crippen molar-refractivity contribution < 1.29 is 27.9 Å². The highest BCUT2D eigenvalue weighted by Crippen LogP contribution is 2.45. The second-order valence-corrected chi connectivity index (χ2v) is 28.9. The molecule has 3 aliphatic heterocycles. The van der Waals surface area contributed by atoms with Gasteiger partial charge in [-0.15, -0.1) is 0 Å². The number of hydrogen-bond donors (Lipinski definition) is 0. The molecule has 2 aromatic heterocycles. The first-order chi connectivity index (χ1) is 45.0. The van der Waals surface area contributed by atoms with E-state index in [-0.39, 0.29) is 37.3 Å². The van der Waals surface area contributed by atoms with Crippen LogP contribution in [0.2, 0.25) is 5.02 Å². The van der Waals surface area contributed by atoms with Gasteiger partial charge < -0.3 is 37.1 Å². The zero-order valence-electron chi connectivity index (χ0n) is 55.5. The van der Waals surface area contributed by atoms with E-state index in [1.54, 1.807) is 0 Å². The molecule has 0 atom stereocenters. The summed E-state index contributed by atoms with van der Waals surface area (Å²) >= 11 is 6.78. The Labute approximate surface area is 571 Å². The fourth-order valence-electron chi connectivity index (χ4n) is 13.9. The van der Waals surface area contributed by atoms with E-state index in [9.17, 15) is 0 Å². The van der Waals surface area contributed by atoms with Gasteiger partial charge in [-0.3, -0.25) is 0 Å². The highest BCUT2D eigenvalue weighted by molar-refractivity contribution is 7.11. The Bertz CT molecular complexity index is 5130. The fraction of sp³-hybridized carbons (Fsp3) is 0.238. The van der Waals surface area contributed by atoms with Gasteiger partial charge in [0.1, 0.15) is 0 Å². The largest absolute Gasteiger partial charge is 0.494 e. The molecular formula is C84H84B3ClN2O6. The van der Waals surface area contributed by atoms with Crippen molar-refractivity contribution in [2.45, 2.75) is 132 Å². The molecule has 96 heavy (non-hydrogen) atoms. The van der Waals surface area contributed by atoms with Crippen molar-refractivity contribution in [3.05, 3.63) is 248 Å². The molecule has 0 amide bonds. The van der Waals surface area contributed by atoms with Crippen molar-refractivity contribution >= 4 is 125 Å². The standard InChI is InChI=1S/C38H32BNO2.C32H20ClN.C12H24B2O4.2CH4/c1-37(2)38(3,4)42-39(41-37)27-21-26(34-23-25-13-5-6-14-29(25)30-15-7-8-16-31(30)34)22-28(24-27)40-35-19-11-9-17-32(35)33-18-10-12-20-36(33)40;33-23-17-22(30-19-21-9-1-2-10-25(21)26-11-3-4-12-27(26)30)18-24(20-23)34-31-15-7-5-13-28(31)29-14-6-8-16-32(29)34;1-9(2)10(3,4)16-13(15-9)14-17-11(5,6)12(7,8)18-14;;/h5-24H,1-4H3;1-20H;1-8H3;2*1H4. The predicted octanol–water partition coefficient (Wildman–Crippen LogP) is 22.0. The van der Waals surface area contributed by atoms with Crippen molar-refractivity contribution in [1.82, 2.24) is 9.13 Å². The quantitative estimate of drug-likeness (QED) is 0.122. The van der Waals surface area contributed by atoms with Crippen LogP contribution < -0.4 is 5.46 Å². The summed E-state index contributed by atoms with van der Waals surface area (Å²) in [6.07, 6.45) is 0. The van der Waals surface area contributed by atoms with Gasteiger partial charge in [-0.1, -0.05) is 202 Å². The van der Waals surface area contributed by atoms with Gasteiger partial charge in [0, 0.05) is 37.9 Å². The topological polar surface area (TPSA) is 65.2 Å². The van der Waals surface area contributed by atoms with Crippen LogP contribution in [0.1, 0.15) is 97.9 Å². The average molecular weight is 1290 g/mol. The Hall–Kier alpha value is -8.48. The number of rotatable bonds is 6. The van der Waals surface area contributed by atoms with E-state index >= 15 is 0 Å². The van der Waals surface area contributed by atoms with E-state index in [0.717, 1.165) is 33.0 Å². The van der Waals surface area contributed by atoms with Crippen LogP contribution in [0.4, 0.5) is 0 Å². The van der Waals surface area contributed by atoms with Crippen LogP contribution >= 0.6 is 11.6 Å². The molecule has 0 aliphatic carbocycles. The number of fused-ring (bicyclic) bond motifs is 12. The first-order valence-corrected chi connectivity index (χ1v) is 33.2. The molecule has 3 fully saturated rings. The number of aromatic nitrogens is 2. The van der Waals surface area contributed by atoms with Crippen LogP contribution in [-0.4, -0.2) is 63.9 Å². The summed E-state index contributed by atoms with van der Waals surface area (Å²) in [5.74, 6) is 0. The zero-order chi connectivity index (χ0) is 65.3. The monoisotopic (exact) mass is 1280 g/mol. The Balaban J connectivity index is 0.000000139. The minimum atomic E-state index is -0.478. The molecule has 14 aromatic rings. The van der Waals surface area contributed by atoms with Gasteiger partial charge in [0.05, 0.1) is 55.7 Å². The van der Waals surface area contributed by atoms with Crippen molar-refractivity contribution in [1.29, 1.82) is 0 Å². The first-order valence-electron chi connectivity index (χ1n) is 32.8. The minimum Gasteiger partial charge on any atom is -0.405 e. The van der Waals surface area contributed by atoms with Gasteiger partial charge in [0.15, 0.2) is 0 Å². The highest BCUT2D eigenvalue weighted by atomic mass is 35.5. The molecule has 12 heteroatoms. The van der Waals surface area contributed by atoms with Gasteiger partial charge in [-0.05, 0) is 221 Å². The van der Waals surface area contributed by atoms with Gasteiger partial charge in [-0.2, -0.15) is 0 Å². The summed E-state index contributed by atoms with van der Waals surface area (Å²) < 4.78 is 41.8. The van der Waals surface area contributed by atoms with Gasteiger partial charge >= 0.3 is 21.1 Å². The molecule has 3 saturated heterocycles. The molecule has 0 N–H and O–H groups in total. The molecule has 0 radical (unpaired) electrons. The van der Waals surface area contributed by atoms with Crippen molar-refractivity contribution in [2.24, 2.45) is 0 Å². The molecule has 5 heterocycles. The third-order valence-corrected chi connectivity index (χ3v) is 21.2. The Morgan fingerprint density at radius 3 is 0.927 bits per heavy atom. The van der Waals surface area contributed by atoms with Crippen molar-refractivity contribution in [2.75, 3.05) is 0 Å². The SMILES string of the molecule is C.C.CC1(C)OB(B2OC(C)(C)C(C)(C)O2)OC1(C)C.CC1(C)OB(c2cc(-c3cc4ccccc4c4ccccc34)cc(-n3c4ccccc4c4ccccc43)c2)OC1(C)C.Clc1cc(-c2cc3ccccc3c3ccccc23)cc(-n2c3ccccc3c3ccccc32)c1. The third-order valence-electron chi connectivity index (χ3n) is 20.9. The van der Waals surface area contributed by atoms with Crippen LogP contribution in [-0.2, 0) is 27.9 Å². The Morgan fingerprint density at radius 2 is 0.562 bits per heavy atom. The predicted molar refractivity (Wildman–Crippen MR) is 409 cm³/mol. The summed E-state index contributed by atoms with van der Waals surface area (Å²) in [6, 6.07) is 86.9. The molecular weight excluding hydrogens is 1200 g/mol. The van der Waals surface area contributed by atoms with E-state index in [1.807, 2.05) is 55.4 Å². The van der Waals surface area contributed by atoms with Crippen molar-refractivity contribution in [3.63, 3.8) is 0 Å². The maximum atomic E-state index is 6.78. The molecule has 8 nitrogen and oxygen atoms in total. The van der Waals surface area contributed by atoms with E-state index in [4.69, 9.17) is 39.5 Å². The summed E-state index contributed by atoms with van der Waals surface area (Å²) in [5.41, 5.74) is 10.2. The van der Waals surface area contributed by atoms with Crippen LogP contribution in [0.3, 0.4) is 0 Å². The highest BCUT2D eigenvalue weighted by Gasteiger charge is 2.64. The number of nitrogens with zero attached hydrogens (tertiary/aromatic N) is 2. The summed E-state index contributed by atoms with van der Waals surface area (Å²) in [4.78, 5) is 0. The molecule has 0 spiro atoms. The first kappa shape index (κ1) is 66.2. The van der Waals surface area contributed by atoms with E-state index < -0.39 is 32.3 Å². The number of halogens is 1. The third kappa shape index (κ3) is 11.3. The molecule has 17 rings (SSSR count). The molecule has 3 aliphatic rings. The second-order valence-electron chi connectivity index (χ2n) is 28.5. The number of hydrogen-bond acceptors (Lipinski definition) is 6. The smallest absolute Gasteiger partial charge is 0.405 e. The lowest BCUT2D eigenvalue weighted by Gasteiger charge is -2.32. The summed E-state index contributed by atoms with van der Waals surface area (Å²) in [7, 11) is -1.43. The Kier molecular flexibility index (Phi) is 16.9. The van der Waals surface area contributed by atoms with Gasteiger partial charge in [0.2, 0.25) is 0 Å². The lowest BCUT2D eigenvalue weighted by molar-refractivity contribution is 0.00578. The fourth-order valence-corrected chi connectivity index (χ4v) is 14.1. The van der Waals surface area contributed by atoms with Crippen LogP contribution in [0.25, 0.3) is 120 Å². The van der Waals surface area contributed by atoms with Crippen LogP contribution in [0.15, 0.2) is 243 Å². The number of para-hydroxylation sites is 4. The zero-order valence-corrected chi connectivity index (χ0v) is 56.3. The summed E-state index contributed by atoms with van der Waals surface area (Å²) in [6.45, 7) is 24.7. The van der Waals surface area contributed by atoms with E-state index in [0.29, 0.717) is 0 Å². The van der Waals surface area contributed by atoms with E-state index in [2.05, 4.69) is 279 Å². The normalized spacial score (nSPS) is 17.2. The van der Waals surface area contributed by atoms with Crippen LogP contribution in [0.5, 0.6) is 0 Å². The number of benzene rings is 12. The average Bonchev–Trinajstić information content (AvgIpc) is 1.77. The molecule has 0 saturated carbocycles. The summed E-state index contributed by atoms with van der Waals surface area (Å²) in [5, 5.41) is 15.7. The molecule has 482 valence electrons. The lowest BCUT2D eigenvalue weighted by atomic mass is 9.49. The Morgan fingerprint density at radius 1 is 0.281 bits per heavy atom. The van der Waals surface area contributed by atoms with E-state index in [1.165, 1.54) is 97.8 Å².